The van der Waals surface area contributed by atoms with E-state index in [2.05, 4.69) is 20.9 Å². The van der Waals surface area contributed by atoms with Gasteiger partial charge in [-0.25, -0.2) is 4.79 Å². The number of carboxylic acid groups (broad SMARTS) is 1. The van der Waals surface area contributed by atoms with E-state index in [1.807, 2.05) is 38.1 Å². The molecular weight excluding hydrogens is 456 g/mol. The highest BCUT2D eigenvalue weighted by atomic mass is 16.4. The number of aromatic nitrogens is 1. The summed E-state index contributed by atoms with van der Waals surface area (Å²) in [5, 5.41) is 17.4. The maximum Gasteiger partial charge on any atom is 0.326 e. The molecule has 35 heavy (non-hydrogen) atoms. The highest BCUT2D eigenvalue weighted by Gasteiger charge is 2.29. The number of H-pyrrole nitrogens is 1. The molecule has 4 amide bonds. The van der Waals surface area contributed by atoms with Gasteiger partial charge in [0.25, 0.3) is 0 Å². The number of benzene rings is 1. The normalized spacial score (nSPS) is 14.4. The van der Waals surface area contributed by atoms with Crippen LogP contribution >= 0.6 is 0 Å². The maximum atomic E-state index is 13.0. The molecular formula is C23H32N6O6. The lowest BCUT2D eigenvalue weighted by atomic mass is 9.99. The fourth-order valence-electron chi connectivity index (χ4n) is 3.45. The zero-order valence-corrected chi connectivity index (χ0v) is 19.7. The predicted octanol–water partition coefficient (Wildman–Crippen LogP) is -0.870. The number of amides is 4. The Hall–Kier alpha value is -3.93. The highest BCUT2D eigenvalue weighted by Crippen LogP contribution is 2.19. The summed E-state index contributed by atoms with van der Waals surface area (Å²) in [6.45, 7) is 3.28. The topological polar surface area (TPSA) is 209 Å². The van der Waals surface area contributed by atoms with Gasteiger partial charge in [-0.2, -0.15) is 0 Å². The molecule has 1 aromatic heterocycles. The molecule has 9 N–H and O–H groups in total. The van der Waals surface area contributed by atoms with Crippen molar-refractivity contribution in [1.29, 1.82) is 0 Å². The van der Waals surface area contributed by atoms with E-state index in [1.165, 1.54) is 0 Å². The molecule has 0 aliphatic rings. The van der Waals surface area contributed by atoms with E-state index < -0.39 is 60.7 Å². The average molecular weight is 489 g/mol. The molecule has 0 radical (unpaired) electrons. The van der Waals surface area contributed by atoms with Crippen molar-refractivity contribution in [3.8, 4) is 0 Å². The van der Waals surface area contributed by atoms with E-state index >= 15 is 0 Å². The van der Waals surface area contributed by atoms with Crippen LogP contribution in [0.5, 0.6) is 0 Å². The zero-order chi connectivity index (χ0) is 26.1. The summed E-state index contributed by atoms with van der Waals surface area (Å²) in [7, 11) is 0. The van der Waals surface area contributed by atoms with E-state index in [4.69, 9.17) is 11.5 Å². The van der Waals surface area contributed by atoms with Gasteiger partial charge < -0.3 is 37.5 Å². The van der Waals surface area contributed by atoms with Crippen molar-refractivity contribution in [2.75, 3.05) is 6.54 Å². The number of para-hydroxylation sites is 1. The first-order chi connectivity index (χ1) is 16.5. The molecule has 0 aliphatic heterocycles. The molecule has 12 heteroatoms. The van der Waals surface area contributed by atoms with Crippen LogP contribution in [0.2, 0.25) is 0 Å². The van der Waals surface area contributed by atoms with E-state index in [1.54, 1.807) is 6.20 Å². The van der Waals surface area contributed by atoms with Crippen molar-refractivity contribution in [1.82, 2.24) is 20.9 Å². The van der Waals surface area contributed by atoms with Crippen LogP contribution in [0.1, 0.15) is 32.3 Å². The van der Waals surface area contributed by atoms with Crippen molar-refractivity contribution < 1.29 is 29.1 Å². The lowest BCUT2D eigenvalue weighted by Crippen LogP contribution is -2.55. The second kappa shape index (κ2) is 12.5. The smallest absolute Gasteiger partial charge is 0.326 e. The second-order valence-electron chi connectivity index (χ2n) is 8.38. The summed E-state index contributed by atoms with van der Waals surface area (Å²) >= 11 is 0. The minimum atomic E-state index is -1.56. The fraction of sp³-hybridized carbons (Fsp3) is 0.435. The molecule has 190 valence electrons. The first-order valence-corrected chi connectivity index (χ1v) is 11.2. The summed E-state index contributed by atoms with van der Waals surface area (Å²) in [6, 6.07) is 3.78. The Labute approximate surface area is 202 Å². The Morgan fingerprint density at radius 2 is 1.74 bits per heavy atom. The van der Waals surface area contributed by atoms with Gasteiger partial charge >= 0.3 is 5.97 Å². The second-order valence-corrected chi connectivity index (χ2v) is 8.38. The lowest BCUT2D eigenvalue weighted by Gasteiger charge is -2.22. The summed E-state index contributed by atoms with van der Waals surface area (Å²) in [4.78, 5) is 63.4. The Morgan fingerprint density at radius 1 is 1.06 bits per heavy atom. The number of aliphatic carboxylic acids is 1. The van der Waals surface area contributed by atoms with Gasteiger partial charge in [-0.05, 0) is 17.5 Å². The monoisotopic (exact) mass is 488 g/mol. The van der Waals surface area contributed by atoms with Crippen LogP contribution in [0, 0.1) is 5.92 Å². The van der Waals surface area contributed by atoms with Gasteiger partial charge in [-0.1, -0.05) is 38.5 Å². The third kappa shape index (κ3) is 7.81. The fourth-order valence-corrected chi connectivity index (χ4v) is 3.45. The number of nitrogens with two attached hydrogens (primary N) is 2. The largest absolute Gasteiger partial charge is 0.480 e. The molecule has 0 spiro atoms. The minimum Gasteiger partial charge on any atom is -0.480 e. The molecule has 0 bridgehead atoms. The Balaban J connectivity index is 2.17. The number of carbonyl (C=O) groups excluding carboxylic acids is 4. The molecule has 0 saturated carbocycles. The Bertz CT molecular complexity index is 1080. The minimum absolute atomic E-state index is 0.0187. The number of nitrogens with one attached hydrogen (secondary N) is 4. The number of hydrogen-bond acceptors (Lipinski definition) is 6. The van der Waals surface area contributed by atoms with Gasteiger partial charge in [0.2, 0.25) is 23.6 Å². The average Bonchev–Trinajstić information content (AvgIpc) is 3.23. The molecule has 1 aromatic carbocycles. The van der Waals surface area contributed by atoms with Gasteiger partial charge in [0.05, 0.1) is 19.0 Å². The Morgan fingerprint density at radius 3 is 2.37 bits per heavy atom. The van der Waals surface area contributed by atoms with E-state index in [-0.39, 0.29) is 12.3 Å². The summed E-state index contributed by atoms with van der Waals surface area (Å²) < 4.78 is 0. The Kier molecular flexibility index (Phi) is 9.76. The quantitative estimate of drug-likeness (QED) is 0.189. The number of carboxylic acids is 1. The first-order valence-electron chi connectivity index (χ1n) is 11.2. The molecule has 2 rings (SSSR count). The van der Waals surface area contributed by atoms with Crippen LogP contribution in [0.25, 0.3) is 10.9 Å². The van der Waals surface area contributed by atoms with Crippen LogP contribution in [0.15, 0.2) is 30.5 Å². The van der Waals surface area contributed by atoms with Gasteiger partial charge in [-0.15, -0.1) is 0 Å². The number of primary amides is 1. The summed E-state index contributed by atoms with van der Waals surface area (Å²) in [6.07, 6.45) is 1.77. The van der Waals surface area contributed by atoms with Crippen molar-refractivity contribution >= 4 is 40.5 Å². The first kappa shape index (κ1) is 27.3. The van der Waals surface area contributed by atoms with Gasteiger partial charge in [0.1, 0.15) is 12.1 Å². The van der Waals surface area contributed by atoms with Crippen LogP contribution in [-0.2, 0) is 30.4 Å². The van der Waals surface area contributed by atoms with Crippen molar-refractivity contribution in [2.24, 2.45) is 17.4 Å². The van der Waals surface area contributed by atoms with Crippen LogP contribution in [-0.4, -0.2) is 64.4 Å². The van der Waals surface area contributed by atoms with Crippen LogP contribution < -0.4 is 27.4 Å². The van der Waals surface area contributed by atoms with Crippen LogP contribution in [0.3, 0.4) is 0 Å². The predicted molar refractivity (Wildman–Crippen MR) is 128 cm³/mol. The molecule has 2 aromatic rings. The number of carbonyl (C=O) groups is 5. The van der Waals surface area contributed by atoms with Crippen molar-refractivity contribution in [2.45, 2.75) is 51.2 Å². The molecule has 1 heterocycles. The number of hydrogen-bond donors (Lipinski definition) is 7. The maximum absolute atomic E-state index is 13.0. The third-order valence-electron chi connectivity index (χ3n) is 5.75. The molecule has 4 unspecified atom stereocenters. The van der Waals surface area contributed by atoms with Crippen LogP contribution in [0.4, 0.5) is 0 Å². The van der Waals surface area contributed by atoms with Crippen molar-refractivity contribution in [3.63, 3.8) is 0 Å². The highest BCUT2D eigenvalue weighted by molar-refractivity contribution is 5.94. The molecule has 4 atom stereocenters. The summed E-state index contributed by atoms with van der Waals surface area (Å²) in [5.41, 5.74) is 12.5. The number of rotatable bonds is 13. The molecule has 0 fully saturated rings. The van der Waals surface area contributed by atoms with E-state index in [9.17, 15) is 29.1 Å². The molecule has 12 nitrogen and oxygen atoms in total. The number of fused-ring (bicyclic) bond motifs is 1. The summed E-state index contributed by atoms with van der Waals surface area (Å²) in [5.74, 6) is -4.43. The van der Waals surface area contributed by atoms with E-state index in [0.717, 1.165) is 10.9 Å². The number of aromatic amines is 1. The van der Waals surface area contributed by atoms with Crippen molar-refractivity contribution in [3.05, 3.63) is 36.0 Å². The lowest BCUT2D eigenvalue weighted by molar-refractivity contribution is -0.143. The van der Waals surface area contributed by atoms with Gasteiger partial charge in [-0.3, -0.25) is 19.2 Å². The zero-order valence-electron chi connectivity index (χ0n) is 19.7. The SMILES string of the molecule is CCC(C)C(N)C(=O)NCC(=O)NC(Cc1c[nH]c2ccccc12)C(=O)NC(CC(N)=O)C(=O)O. The third-order valence-corrected chi connectivity index (χ3v) is 5.75. The van der Waals surface area contributed by atoms with Gasteiger partial charge in [0.15, 0.2) is 0 Å². The molecule has 0 aliphatic carbocycles. The van der Waals surface area contributed by atoms with E-state index in [0.29, 0.717) is 12.0 Å². The molecule has 0 saturated heterocycles. The standard InChI is InChI=1S/C23H32N6O6/c1-3-12(2)20(25)22(33)27-11-19(31)28-16(21(32)29-17(23(34)35)9-18(24)30)8-13-10-26-15-7-5-4-6-14(13)15/h4-7,10,12,16-17,20,26H,3,8-9,11,25H2,1-2H3,(H2,24,30)(H,27,33)(H,28,31)(H,29,32)(H,34,35). The van der Waals surface area contributed by atoms with Gasteiger partial charge in [0, 0.05) is 23.5 Å².